The van der Waals surface area contributed by atoms with Gasteiger partial charge >= 0.3 is 0 Å². The van der Waals surface area contributed by atoms with Gasteiger partial charge in [-0.2, -0.15) is 0 Å². The molecule has 3 atom stereocenters. The molecule has 1 aromatic carbocycles. The van der Waals surface area contributed by atoms with Gasteiger partial charge in [0.1, 0.15) is 5.82 Å². The van der Waals surface area contributed by atoms with Gasteiger partial charge in [-0.25, -0.2) is 4.39 Å². The van der Waals surface area contributed by atoms with Crippen LogP contribution in [0.5, 0.6) is 0 Å². The van der Waals surface area contributed by atoms with Crippen LogP contribution in [0.2, 0.25) is 0 Å². The van der Waals surface area contributed by atoms with Crippen molar-refractivity contribution in [1.29, 1.82) is 0 Å². The van der Waals surface area contributed by atoms with Crippen LogP contribution < -0.4 is 5.73 Å². The van der Waals surface area contributed by atoms with E-state index in [0.29, 0.717) is 6.54 Å². The van der Waals surface area contributed by atoms with E-state index in [-0.39, 0.29) is 17.7 Å². The molecule has 0 radical (unpaired) electrons. The fourth-order valence-corrected chi connectivity index (χ4v) is 1.82. The largest absolute Gasteiger partial charge is 0.392 e. The lowest BCUT2D eigenvalue weighted by Crippen LogP contribution is -2.30. The van der Waals surface area contributed by atoms with Crippen LogP contribution >= 0.6 is 0 Å². The van der Waals surface area contributed by atoms with Crippen molar-refractivity contribution >= 4 is 0 Å². The van der Waals surface area contributed by atoms with E-state index >= 15 is 0 Å². The third-order valence-electron chi connectivity index (χ3n) is 3.19. The monoisotopic (exact) mass is 225 g/mol. The minimum atomic E-state index is -0.472. The molecule has 16 heavy (non-hydrogen) atoms. The Morgan fingerprint density at radius 2 is 1.88 bits per heavy atom. The highest BCUT2D eigenvalue weighted by Gasteiger charge is 2.23. The van der Waals surface area contributed by atoms with Crippen LogP contribution in [0, 0.1) is 11.7 Å². The summed E-state index contributed by atoms with van der Waals surface area (Å²) in [7, 11) is 0. The Balaban J connectivity index is 2.85. The molecule has 90 valence electrons. The number of hydrogen-bond acceptors (Lipinski definition) is 2. The molecule has 2 nitrogen and oxygen atoms in total. The molecule has 0 amide bonds. The quantitative estimate of drug-likeness (QED) is 0.807. The summed E-state index contributed by atoms with van der Waals surface area (Å²) in [4.78, 5) is 0. The lowest BCUT2D eigenvalue weighted by atomic mass is 9.85. The first kappa shape index (κ1) is 13.1. The summed E-state index contributed by atoms with van der Waals surface area (Å²) in [6, 6.07) is 6.19. The standard InChI is InChI=1S/C13H20FNO/c1-3-9(2)13(16)12(8-15)10-4-6-11(14)7-5-10/h4-7,9,12-13,16H,3,8,15H2,1-2H3. The van der Waals surface area contributed by atoms with E-state index < -0.39 is 6.10 Å². The molecule has 3 unspecified atom stereocenters. The van der Waals surface area contributed by atoms with Crippen molar-refractivity contribution in [3.63, 3.8) is 0 Å². The van der Waals surface area contributed by atoms with Gasteiger partial charge in [0, 0.05) is 12.5 Å². The van der Waals surface area contributed by atoms with Gasteiger partial charge in [0.15, 0.2) is 0 Å². The van der Waals surface area contributed by atoms with Gasteiger partial charge in [0.2, 0.25) is 0 Å². The van der Waals surface area contributed by atoms with Crippen LogP contribution in [0.1, 0.15) is 31.7 Å². The third-order valence-corrected chi connectivity index (χ3v) is 3.19. The summed E-state index contributed by atoms with van der Waals surface area (Å²) in [5.74, 6) is -0.188. The summed E-state index contributed by atoms with van der Waals surface area (Å²) in [5.41, 5.74) is 6.58. The van der Waals surface area contributed by atoms with E-state index in [2.05, 4.69) is 0 Å². The molecule has 1 aromatic rings. The second-order valence-electron chi connectivity index (χ2n) is 4.27. The van der Waals surface area contributed by atoms with Gasteiger partial charge in [-0.3, -0.25) is 0 Å². The molecule has 0 heterocycles. The Labute approximate surface area is 96.3 Å². The second-order valence-corrected chi connectivity index (χ2v) is 4.27. The molecule has 0 aliphatic heterocycles. The van der Waals surface area contributed by atoms with Crippen molar-refractivity contribution in [3.05, 3.63) is 35.6 Å². The molecule has 3 N–H and O–H groups in total. The van der Waals surface area contributed by atoms with Crippen molar-refractivity contribution in [1.82, 2.24) is 0 Å². The van der Waals surface area contributed by atoms with Gasteiger partial charge in [0.25, 0.3) is 0 Å². The number of rotatable bonds is 5. The zero-order chi connectivity index (χ0) is 12.1. The average molecular weight is 225 g/mol. The van der Waals surface area contributed by atoms with Crippen LogP contribution in [-0.2, 0) is 0 Å². The number of hydrogen-bond donors (Lipinski definition) is 2. The minimum absolute atomic E-state index is 0.115. The number of benzene rings is 1. The fourth-order valence-electron chi connectivity index (χ4n) is 1.82. The molecule has 0 aromatic heterocycles. The number of aliphatic hydroxyl groups is 1. The summed E-state index contributed by atoms with van der Waals surface area (Å²) in [6.07, 6.45) is 0.430. The minimum Gasteiger partial charge on any atom is -0.392 e. The van der Waals surface area contributed by atoms with E-state index in [9.17, 15) is 9.50 Å². The van der Waals surface area contributed by atoms with Crippen molar-refractivity contribution in [2.75, 3.05) is 6.54 Å². The van der Waals surface area contributed by atoms with E-state index in [1.165, 1.54) is 12.1 Å². The van der Waals surface area contributed by atoms with Gasteiger partial charge < -0.3 is 10.8 Å². The van der Waals surface area contributed by atoms with Gasteiger partial charge in [-0.05, 0) is 23.6 Å². The summed E-state index contributed by atoms with van der Waals surface area (Å²) >= 11 is 0. The summed E-state index contributed by atoms with van der Waals surface area (Å²) in [5, 5.41) is 10.1. The summed E-state index contributed by atoms with van der Waals surface area (Å²) < 4.78 is 12.8. The molecule has 0 saturated heterocycles. The van der Waals surface area contributed by atoms with Gasteiger partial charge in [-0.15, -0.1) is 0 Å². The van der Waals surface area contributed by atoms with Crippen LogP contribution in [0.4, 0.5) is 4.39 Å². The topological polar surface area (TPSA) is 46.2 Å². The smallest absolute Gasteiger partial charge is 0.123 e. The van der Waals surface area contributed by atoms with E-state index in [1.807, 2.05) is 13.8 Å². The third kappa shape index (κ3) is 3.03. The summed E-state index contributed by atoms with van der Waals surface area (Å²) in [6.45, 7) is 4.40. The first-order valence-corrected chi connectivity index (χ1v) is 5.73. The maximum Gasteiger partial charge on any atom is 0.123 e. The van der Waals surface area contributed by atoms with E-state index in [4.69, 9.17) is 5.73 Å². The van der Waals surface area contributed by atoms with Crippen LogP contribution in [-0.4, -0.2) is 17.8 Å². The molecular formula is C13H20FNO. The van der Waals surface area contributed by atoms with Crippen molar-refractivity contribution in [2.24, 2.45) is 11.7 Å². The first-order chi connectivity index (χ1) is 7.60. The number of nitrogens with two attached hydrogens (primary N) is 1. The molecule has 0 aliphatic carbocycles. The second kappa shape index (κ2) is 5.97. The van der Waals surface area contributed by atoms with Crippen molar-refractivity contribution in [2.45, 2.75) is 32.3 Å². The lowest BCUT2D eigenvalue weighted by molar-refractivity contribution is 0.0886. The SMILES string of the molecule is CCC(C)C(O)C(CN)c1ccc(F)cc1. The zero-order valence-corrected chi connectivity index (χ0v) is 9.86. The van der Waals surface area contributed by atoms with Gasteiger partial charge in [0.05, 0.1) is 6.10 Å². The van der Waals surface area contributed by atoms with E-state index in [1.54, 1.807) is 12.1 Å². The maximum absolute atomic E-state index is 12.8. The predicted octanol–water partition coefficient (Wildman–Crippen LogP) is 2.28. The lowest BCUT2D eigenvalue weighted by Gasteiger charge is -2.26. The molecule has 0 bridgehead atoms. The first-order valence-electron chi connectivity index (χ1n) is 5.73. The van der Waals surface area contributed by atoms with Crippen molar-refractivity contribution in [3.8, 4) is 0 Å². The average Bonchev–Trinajstić information content (AvgIpc) is 2.31. The highest BCUT2D eigenvalue weighted by molar-refractivity contribution is 5.22. The molecule has 0 aliphatic rings. The van der Waals surface area contributed by atoms with Crippen LogP contribution in [0.25, 0.3) is 0 Å². The van der Waals surface area contributed by atoms with Crippen LogP contribution in [0.3, 0.4) is 0 Å². The fraction of sp³-hybridized carbons (Fsp3) is 0.538. The molecule has 0 saturated carbocycles. The Morgan fingerprint density at radius 3 is 2.31 bits per heavy atom. The van der Waals surface area contributed by atoms with Crippen LogP contribution in [0.15, 0.2) is 24.3 Å². The Morgan fingerprint density at radius 1 is 1.31 bits per heavy atom. The molecule has 0 spiro atoms. The number of halogens is 1. The highest BCUT2D eigenvalue weighted by atomic mass is 19.1. The normalized spacial score (nSPS) is 16.8. The molecule has 1 rings (SSSR count). The molecule has 3 heteroatoms. The zero-order valence-electron chi connectivity index (χ0n) is 9.86. The van der Waals surface area contributed by atoms with E-state index in [0.717, 1.165) is 12.0 Å². The van der Waals surface area contributed by atoms with Crippen molar-refractivity contribution < 1.29 is 9.50 Å². The Bertz CT molecular complexity index is 312. The molecular weight excluding hydrogens is 205 g/mol. The van der Waals surface area contributed by atoms with Gasteiger partial charge in [-0.1, -0.05) is 32.4 Å². The Kier molecular flexibility index (Phi) is 4.90. The number of aliphatic hydroxyl groups excluding tert-OH is 1. The molecule has 0 fully saturated rings. The Hall–Kier alpha value is -0.930. The predicted molar refractivity (Wildman–Crippen MR) is 63.7 cm³/mol. The highest BCUT2D eigenvalue weighted by Crippen LogP contribution is 2.25. The maximum atomic E-state index is 12.8.